The van der Waals surface area contributed by atoms with Gasteiger partial charge in [-0.15, -0.1) is 12.6 Å². The van der Waals surface area contributed by atoms with E-state index >= 15 is 0 Å². The van der Waals surface area contributed by atoms with Gasteiger partial charge in [-0.25, -0.2) is 0 Å². The predicted octanol–water partition coefficient (Wildman–Crippen LogP) is 2.18. The number of carbonyl (C=O) groups is 1. The number of aromatic nitrogens is 1. The third kappa shape index (κ3) is 2.20. The highest BCUT2D eigenvalue weighted by atomic mass is 32.1. The highest BCUT2D eigenvalue weighted by Crippen LogP contribution is 2.27. The molecule has 2 heterocycles. The van der Waals surface area contributed by atoms with Crippen LogP contribution >= 0.6 is 12.6 Å². The van der Waals surface area contributed by atoms with Crippen LogP contribution in [0.1, 0.15) is 11.3 Å². The Bertz CT molecular complexity index is 698. The summed E-state index contributed by atoms with van der Waals surface area (Å²) in [5.74, 6) is -0.0379. The number of benzodiazepines with no additional fused rings is 1. The van der Waals surface area contributed by atoms with Crippen LogP contribution in [0.15, 0.2) is 52.5 Å². The number of rotatable bonds is 1. The SMILES string of the molecule is CN1C(=O)CN=C(c2ccccn2)c2cc(S)ccc21. The van der Waals surface area contributed by atoms with Crippen molar-refractivity contribution in [1.29, 1.82) is 0 Å². The number of nitrogens with zero attached hydrogens (tertiary/aromatic N) is 3. The van der Waals surface area contributed by atoms with E-state index in [9.17, 15) is 4.79 Å². The summed E-state index contributed by atoms with van der Waals surface area (Å²) >= 11 is 4.38. The minimum atomic E-state index is -0.0379. The van der Waals surface area contributed by atoms with Crippen LogP contribution in [0, 0.1) is 0 Å². The first kappa shape index (κ1) is 12.9. The van der Waals surface area contributed by atoms with Gasteiger partial charge in [-0.05, 0) is 30.3 Å². The second kappa shape index (κ2) is 5.09. The molecule has 1 aromatic carbocycles. The fraction of sp³-hybridized carbons (Fsp3) is 0.133. The fourth-order valence-corrected chi connectivity index (χ4v) is 2.40. The molecule has 3 rings (SSSR count). The number of benzene rings is 1. The van der Waals surface area contributed by atoms with Crippen molar-refractivity contribution in [3.05, 3.63) is 53.9 Å². The monoisotopic (exact) mass is 283 g/mol. The summed E-state index contributed by atoms with van der Waals surface area (Å²) in [7, 11) is 1.76. The molecule has 0 bridgehead atoms. The normalized spacial score (nSPS) is 14.6. The van der Waals surface area contributed by atoms with Crippen LogP contribution in [0.3, 0.4) is 0 Å². The minimum Gasteiger partial charge on any atom is -0.313 e. The standard InChI is InChI=1S/C15H13N3OS/c1-18-13-6-5-10(20)8-11(13)15(17-9-14(18)19)12-4-2-3-7-16-12/h2-8,20H,9H2,1H3. The molecule has 1 aliphatic heterocycles. The number of aliphatic imine (C=N–C) groups is 1. The van der Waals surface area contributed by atoms with Crippen LogP contribution in [0.2, 0.25) is 0 Å². The van der Waals surface area contributed by atoms with Crippen LogP contribution in [0.25, 0.3) is 0 Å². The average Bonchev–Trinajstić information content (AvgIpc) is 2.58. The first-order valence-electron chi connectivity index (χ1n) is 6.22. The Morgan fingerprint density at radius 1 is 1.25 bits per heavy atom. The lowest BCUT2D eigenvalue weighted by molar-refractivity contribution is -0.116. The average molecular weight is 283 g/mol. The van der Waals surface area contributed by atoms with Crippen LogP contribution in [-0.2, 0) is 4.79 Å². The predicted molar refractivity (Wildman–Crippen MR) is 81.8 cm³/mol. The summed E-state index contributed by atoms with van der Waals surface area (Å²) in [6.45, 7) is 0.124. The van der Waals surface area contributed by atoms with E-state index in [2.05, 4.69) is 22.6 Å². The quantitative estimate of drug-likeness (QED) is 0.815. The molecule has 0 spiro atoms. The number of hydrogen-bond donors (Lipinski definition) is 1. The number of hydrogen-bond acceptors (Lipinski definition) is 4. The molecule has 2 aromatic rings. The maximum Gasteiger partial charge on any atom is 0.248 e. The number of thiol groups is 1. The first-order valence-corrected chi connectivity index (χ1v) is 6.67. The molecular formula is C15H13N3OS. The van der Waals surface area contributed by atoms with E-state index < -0.39 is 0 Å². The lowest BCUT2D eigenvalue weighted by Gasteiger charge is -2.18. The highest BCUT2D eigenvalue weighted by Gasteiger charge is 2.22. The second-order valence-electron chi connectivity index (χ2n) is 4.53. The van der Waals surface area contributed by atoms with Crippen LogP contribution in [-0.4, -0.2) is 30.2 Å². The van der Waals surface area contributed by atoms with Crippen molar-refractivity contribution >= 4 is 29.9 Å². The lowest BCUT2D eigenvalue weighted by atomic mass is 10.0. The fourth-order valence-electron chi connectivity index (χ4n) is 2.20. The maximum atomic E-state index is 12.0. The van der Waals surface area contributed by atoms with Crippen molar-refractivity contribution in [2.75, 3.05) is 18.5 Å². The maximum absolute atomic E-state index is 12.0. The van der Waals surface area contributed by atoms with Crippen LogP contribution in [0.5, 0.6) is 0 Å². The molecule has 0 radical (unpaired) electrons. The molecule has 5 heteroatoms. The zero-order valence-corrected chi connectivity index (χ0v) is 11.8. The molecule has 0 unspecified atom stereocenters. The lowest BCUT2D eigenvalue weighted by Crippen LogP contribution is -2.27. The Morgan fingerprint density at radius 2 is 2.10 bits per heavy atom. The van der Waals surface area contributed by atoms with Gasteiger partial charge in [-0.1, -0.05) is 6.07 Å². The molecule has 20 heavy (non-hydrogen) atoms. The Hall–Kier alpha value is -2.14. The van der Waals surface area contributed by atoms with Crippen molar-refractivity contribution in [2.45, 2.75) is 4.90 Å². The van der Waals surface area contributed by atoms with Crippen molar-refractivity contribution in [1.82, 2.24) is 4.98 Å². The molecule has 0 aliphatic carbocycles. The molecule has 0 N–H and O–H groups in total. The third-order valence-corrected chi connectivity index (χ3v) is 3.53. The Morgan fingerprint density at radius 3 is 2.85 bits per heavy atom. The molecule has 0 saturated heterocycles. The number of carbonyl (C=O) groups excluding carboxylic acids is 1. The van der Waals surface area contributed by atoms with Gasteiger partial charge >= 0.3 is 0 Å². The van der Waals surface area contributed by atoms with Gasteiger partial charge in [0.05, 0.1) is 17.1 Å². The highest BCUT2D eigenvalue weighted by molar-refractivity contribution is 7.80. The van der Waals surface area contributed by atoms with E-state index in [1.807, 2.05) is 36.4 Å². The topological polar surface area (TPSA) is 45.6 Å². The second-order valence-corrected chi connectivity index (χ2v) is 5.05. The van der Waals surface area contributed by atoms with Gasteiger partial charge in [0.1, 0.15) is 6.54 Å². The van der Waals surface area contributed by atoms with Crippen molar-refractivity contribution in [3.63, 3.8) is 0 Å². The molecule has 100 valence electrons. The molecule has 1 aromatic heterocycles. The van der Waals surface area contributed by atoms with Gasteiger partial charge in [0.15, 0.2) is 0 Å². The van der Waals surface area contributed by atoms with Gasteiger partial charge in [-0.2, -0.15) is 0 Å². The Labute approximate surface area is 122 Å². The number of amides is 1. The van der Waals surface area contributed by atoms with E-state index in [1.54, 1.807) is 18.1 Å². The molecule has 4 nitrogen and oxygen atoms in total. The van der Waals surface area contributed by atoms with E-state index in [-0.39, 0.29) is 12.5 Å². The molecule has 0 saturated carbocycles. The van der Waals surface area contributed by atoms with Crippen molar-refractivity contribution in [2.24, 2.45) is 4.99 Å². The van der Waals surface area contributed by atoms with E-state index in [4.69, 9.17) is 0 Å². The van der Waals surface area contributed by atoms with E-state index in [0.29, 0.717) is 0 Å². The summed E-state index contributed by atoms with van der Waals surface area (Å²) < 4.78 is 0. The number of fused-ring (bicyclic) bond motifs is 1. The molecular weight excluding hydrogens is 270 g/mol. The number of anilines is 1. The largest absolute Gasteiger partial charge is 0.313 e. The zero-order chi connectivity index (χ0) is 14.1. The Balaban J connectivity index is 2.23. The van der Waals surface area contributed by atoms with Gasteiger partial charge in [0.25, 0.3) is 0 Å². The minimum absolute atomic E-state index is 0.0379. The zero-order valence-electron chi connectivity index (χ0n) is 10.9. The molecule has 1 aliphatic rings. The van der Waals surface area contributed by atoms with Gasteiger partial charge in [0.2, 0.25) is 5.91 Å². The summed E-state index contributed by atoms with van der Waals surface area (Å²) in [6, 6.07) is 11.3. The van der Waals surface area contributed by atoms with Gasteiger partial charge in [0, 0.05) is 23.7 Å². The smallest absolute Gasteiger partial charge is 0.248 e. The summed E-state index contributed by atoms with van der Waals surface area (Å²) in [6.07, 6.45) is 1.72. The van der Waals surface area contributed by atoms with Crippen LogP contribution < -0.4 is 4.90 Å². The molecule has 0 fully saturated rings. The molecule has 0 atom stereocenters. The summed E-state index contributed by atoms with van der Waals surface area (Å²) in [4.78, 5) is 23.2. The van der Waals surface area contributed by atoms with E-state index in [1.165, 1.54) is 0 Å². The summed E-state index contributed by atoms with van der Waals surface area (Å²) in [5, 5.41) is 0. The molecule has 1 amide bonds. The van der Waals surface area contributed by atoms with E-state index in [0.717, 1.165) is 27.6 Å². The van der Waals surface area contributed by atoms with Gasteiger partial charge < -0.3 is 4.90 Å². The van der Waals surface area contributed by atoms with Crippen molar-refractivity contribution in [3.8, 4) is 0 Å². The van der Waals surface area contributed by atoms with Gasteiger partial charge in [-0.3, -0.25) is 14.8 Å². The number of pyridine rings is 1. The van der Waals surface area contributed by atoms with Crippen molar-refractivity contribution < 1.29 is 4.79 Å². The third-order valence-electron chi connectivity index (χ3n) is 3.25. The number of likely N-dealkylation sites (N-methyl/N-ethyl adjacent to an activating group) is 1. The first-order chi connectivity index (χ1) is 9.66. The summed E-state index contributed by atoms with van der Waals surface area (Å²) in [5.41, 5.74) is 3.20. The van der Waals surface area contributed by atoms with Crippen LogP contribution in [0.4, 0.5) is 5.69 Å². The Kier molecular flexibility index (Phi) is 3.28.